The highest BCUT2D eigenvalue weighted by Gasteiger charge is 2.11. The molecule has 2 aromatic heterocycles. The molecule has 3 nitrogen and oxygen atoms in total. The second kappa shape index (κ2) is 3.10. The SMILES string of the molecule is C=C(C)C(=O)c1cnn2ccccc12. The number of hydrogen-bond donors (Lipinski definition) is 0. The van der Waals surface area contributed by atoms with Crippen LogP contribution < -0.4 is 0 Å². The maximum atomic E-state index is 11.7. The fourth-order valence-corrected chi connectivity index (χ4v) is 1.34. The third kappa shape index (κ3) is 1.23. The first-order chi connectivity index (χ1) is 6.70. The van der Waals surface area contributed by atoms with Crippen molar-refractivity contribution in [2.24, 2.45) is 0 Å². The smallest absolute Gasteiger partial charge is 0.191 e. The Morgan fingerprint density at radius 1 is 1.50 bits per heavy atom. The van der Waals surface area contributed by atoms with Gasteiger partial charge in [-0.3, -0.25) is 4.79 Å². The summed E-state index contributed by atoms with van der Waals surface area (Å²) in [5, 5.41) is 4.08. The minimum absolute atomic E-state index is 0.0498. The van der Waals surface area contributed by atoms with E-state index in [2.05, 4.69) is 11.7 Å². The number of aromatic nitrogens is 2. The zero-order valence-electron chi connectivity index (χ0n) is 7.90. The Balaban J connectivity index is 2.64. The lowest BCUT2D eigenvalue weighted by Gasteiger charge is -1.96. The van der Waals surface area contributed by atoms with Crippen LogP contribution in [0.3, 0.4) is 0 Å². The van der Waals surface area contributed by atoms with E-state index >= 15 is 0 Å². The number of carbonyl (C=O) groups excluding carboxylic acids is 1. The van der Waals surface area contributed by atoms with Crippen molar-refractivity contribution in [3.05, 3.63) is 48.3 Å². The van der Waals surface area contributed by atoms with Gasteiger partial charge in [-0.2, -0.15) is 5.10 Å². The summed E-state index contributed by atoms with van der Waals surface area (Å²) in [6.45, 7) is 5.33. The Kier molecular flexibility index (Phi) is 1.93. The van der Waals surface area contributed by atoms with Crippen LogP contribution in [0.5, 0.6) is 0 Å². The van der Waals surface area contributed by atoms with E-state index < -0.39 is 0 Å². The average molecular weight is 186 g/mol. The molecular weight excluding hydrogens is 176 g/mol. The Morgan fingerprint density at radius 2 is 2.29 bits per heavy atom. The molecule has 0 saturated carbocycles. The van der Waals surface area contributed by atoms with Crippen molar-refractivity contribution in [2.75, 3.05) is 0 Å². The van der Waals surface area contributed by atoms with Crippen LogP contribution in [0, 0.1) is 0 Å². The first-order valence-electron chi connectivity index (χ1n) is 4.33. The van der Waals surface area contributed by atoms with E-state index in [1.54, 1.807) is 17.6 Å². The zero-order valence-corrected chi connectivity index (χ0v) is 7.90. The fourth-order valence-electron chi connectivity index (χ4n) is 1.34. The standard InChI is InChI=1S/C11H10N2O/c1-8(2)11(14)9-7-12-13-6-4-3-5-10(9)13/h3-7H,1H2,2H3. The lowest BCUT2D eigenvalue weighted by molar-refractivity contribution is 0.103. The monoisotopic (exact) mass is 186 g/mol. The molecule has 0 aliphatic carbocycles. The van der Waals surface area contributed by atoms with Crippen LogP contribution in [-0.2, 0) is 0 Å². The molecule has 0 radical (unpaired) electrons. The van der Waals surface area contributed by atoms with E-state index in [-0.39, 0.29) is 5.78 Å². The van der Waals surface area contributed by atoms with Crippen molar-refractivity contribution < 1.29 is 4.79 Å². The van der Waals surface area contributed by atoms with Gasteiger partial charge in [0.15, 0.2) is 5.78 Å². The molecule has 0 saturated heterocycles. The highest BCUT2D eigenvalue weighted by Crippen LogP contribution is 2.13. The van der Waals surface area contributed by atoms with Gasteiger partial charge in [0.2, 0.25) is 0 Å². The Bertz CT molecular complexity index is 511. The Hall–Kier alpha value is -1.90. The van der Waals surface area contributed by atoms with Crippen LogP contribution in [0.2, 0.25) is 0 Å². The molecule has 0 spiro atoms. The number of rotatable bonds is 2. The van der Waals surface area contributed by atoms with Crippen molar-refractivity contribution in [3.63, 3.8) is 0 Å². The predicted octanol–water partition coefficient (Wildman–Crippen LogP) is 2.09. The topological polar surface area (TPSA) is 34.4 Å². The Labute approximate surface area is 81.7 Å². The maximum Gasteiger partial charge on any atom is 0.191 e. The molecule has 0 unspecified atom stereocenters. The van der Waals surface area contributed by atoms with Gasteiger partial charge in [-0.15, -0.1) is 0 Å². The molecule has 0 N–H and O–H groups in total. The number of pyridine rings is 1. The van der Waals surface area contributed by atoms with Gasteiger partial charge in [-0.05, 0) is 24.6 Å². The molecule has 0 amide bonds. The third-order valence-corrected chi connectivity index (χ3v) is 2.06. The summed E-state index contributed by atoms with van der Waals surface area (Å²) in [6.07, 6.45) is 3.39. The zero-order chi connectivity index (χ0) is 10.1. The second-order valence-corrected chi connectivity index (χ2v) is 3.20. The minimum atomic E-state index is -0.0498. The van der Waals surface area contributed by atoms with E-state index in [9.17, 15) is 4.79 Å². The minimum Gasteiger partial charge on any atom is -0.289 e. The van der Waals surface area contributed by atoms with Gasteiger partial charge < -0.3 is 0 Å². The largest absolute Gasteiger partial charge is 0.289 e. The molecule has 3 heteroatoms. The summed E-state index contributed by atoms with van der Waals surface area (Å²) >= 11 is 0. The molecule has 70 valence electrons. The quantitative estimate of drug-likeness (QED) is 0.531. The van der Waals surface area contributed by atoms with Crippen LogP contribution in [0.4, 0.5) is 0 Å². The van der Waals surface area contributed by atoms with Crippen molar-refractivity contribution in [1.29, 1.82) is 0 Å². The van der Waals surface area contributed by atoms with Crippen LogP contribution in [0.1, 0.15) is 17.3 Å². The predicted molar refractivity (Wildman–Crippen MR) is 54.3 cm³/mol. The molecule has 2 heterocycles. The number of carbonyl (C=O) groups is 1. The molecule has 0 aliphatic heterocycles. The van der Waals surface area contributed by atoms with Crippen LogP contribution in [0.15, 0.2) is 42.7 Å². The second-order valence-electron chi connectivity index (χ2n) is 3.20. The van der Waals surface area contributed by atoms with E-state index in [1.165, 1.54) is 0 Å². The molecular formula is C11H10N2O. The summed E-state index contributed by atoms with van der Waals surface area (Å²) in [4.78, 5) is 11.7. The molecule has 0 bridgehead atoms. The number of allylic oxidation sites excluding steroid dienone is 1. The van der Waals surface area contributed by atoms with Crippen LogP contribution in [-0.4, -0.2) is 15.4 Å². The number of fused-ring (bicyclic) bond motifs is 1. The number of Topliss-reactive ketones (excluding diaryl/α,β-unsaturated/α-hetero) is 1. The first-order valence-corrected chi connectivity index (χ1v) is 4.33. The third-order valence-electron chi connectivity index (χ3n) is 2.06. The van der Waals surface area contributed by atoms with Gasteiger partial charge in [0.1, 0.15) is 0 Å². The van der Waals surface area contributed by atoms with Crippen LogP contribution in [0.25, 0.3) is 5.52 Å². The number of nitrogens with zero attached hydrogens (tertiary/aromatic N) is 2. The lowest BCUT2D eigenvalue weighted by Crippen LogP contribution is -1.98. The highest BCUT2D eigenvalue weighted by molar-refractivity contribution is 6.12. The molecule has 0 atom stereocenters. The summed E-state index contributed by atoms with van der Waals surface area (Å²) in [7, 11) is 0. The molecule has 0 fully saturated rings. The molecule has 2 aromatic rings. The molecule has 14 heavy (non-hydrogen) atoms. The highest BCUT2D eigenvalue weighted by atomic mass is 16.1. The van der Waals surface area contributed by atoms with Crippen molar-refractivity contribution in [3.8, 4) is 0 Å². The van der Waals surface area contributed by atoms with Crippen LogP contribution >= 0.6 is 0 Å². The average Bonchev–Trinajstić information content (AvgIpc) is 2.60. The van der Waals surface area contributed by atoms with E-state index in [0.717, 1.165) is 5.52 Å². The molecule has 0 aliphatic rings. The lowest BCUT2D eigenvalue weighted by atomic mass is 10.1. The van der Waals surface area contributed by atoms with Gasteiger partial charge in [0, 0.05) is 6.20 Å². The van der Waals surface area contributed by atoms with Gasteiger partial charge in [-0.1, -0.05) is 12.6 Å². The van der Waals surface area contributed by atoms with E-state index in [0.29, 0.717) is 11.1 Å². The summed E-state index contributed by atoms with van der Waals surface area (Å²) in [5.41, 5.74) is 1.96. The molecule has 2 rings (SSSR count). The van der Waals surface area contributed by atoms with Gasteiger partial charge in [0.05, 0.1) is 17.3 Å². The molecule has 0 aromatic carbocycles. The summed E-state index contributed by atoms with van der Waals surface area (Å²) in [6, 6.07) is 5.62. The summed E-state index contributed by atoms with van der Waals surface area (Å²) in [5.74, 6) is -0.0498. The number of ketones is 1. The normalized spacial score (nSPS) is 10.4. The Morgan fingerprint density at radius 3 is 3.00 bits per heavy atom. The summed E-state index contributed by atoms with van der Waals surface area (Å²) < 4.78 is 1.68. The maximum absolute atomic E-state index is 11.7. The van der Waals surface area contributed by atoms with E-state index in [1.807, 2.05) is 24.4 Å². The van der Waals surface area contributed by atoms with E-state index in [4.69, 9.17) is 0 Å². The van der Waals surface area contributed by atoms with Gasteiger partial charge >= 0.3 is 0 Å². The van der Waals surface area contributed by atoms with Crippen molar-refractivity contribution in [1.82, 2.24) is 9.61 Å². The van der Waals surface area contributed by atoms with Gasteiger partial charge in [-0.25, -0.2) is 4.52 Å². The van der Waals surface area contributed by atoms with Crippen molar-refractivity contribution in [2.45, 2.75) is 6.92 Å². The van der Waals surface area contributed by atoms with Gasteiger partial charge in [0.25, 0.3) is 0 Å². The first kappa shape index (κ1) is 8.69. The number of hydrogen-bond acceptors (Lipinski definition) is 2. The fraction of sp³-hybridized carbons (Fsp3) is 0.0909. The van der Waals surface area contributed by atoms with Crippen molar-refractivity contribution >= 4 is 11.3 Å².